The first kappa shape index (κ1) is 9.36. The van der Waals surface area contributed by atoms with Crippen molar-refractivity contribution in [2.45, 2.75) is 6.54 Å². The van der Waals surface area contributed by atoms with E-state index in [1.807, 2.05) is 26.5 Å². The van der Waals surface area contributed by atoms with Gasteiger partial charge in [-0.05, 0) is 7.05 Å². The average molecular weight is 208 g/mol. The topological polar surface area (TPSA) is 42.7 Å². The zero-order valence-electron chi connectivity index (χ0n) is 8.19. The molecule has 1 N–H and O–H groups in total. The van der Waals surface area contributed by atoms with Crippen LogP contribution in [-0.2, 0) is 13.6 Å². The molecule has 0 unspecified atom stereocenters. The van der Waals surface area contributed by atoms with Crippen LogP contribution >= 0.6 is 11.3 Å². The van der Waals surface area contributed by atoms with Gasteiger partial charge in [-0.1, -0.05) is 0 Å². The third-order valence-electron chi connectivity index (χ3n) is 1.86. The summed E-state index contributed by atoms with van der Waals surface area (Å²) in [7, 11) is 3.83. The third-order valence-corrected chi connectivity index (χ3v) is 2.80. The maximum absolute atomic E-state index is 4.49. The molecule has 74 valence electrons. The average Bonchev–Trinajstić information content (AvgIpc) is 2.74. The maximum atomic E-state index is 4.49. The van der Waals surface area contributed by atoms with Crippen molar-refractivity contribution in [2.75, 3.05) is 7.05 Å². The van der Waals surface area contributed by atoms with Crippen molar-refractivity contribution >= 4 is 11.3 Å². The minimum atomic E-state index is 0.816. The summed E-state index contributed by atoms with van der Waals surface area (Å²) < 4.78 is 1.79. The van der Waals surface area contributed by atoms with Gasteiger partial charge in [0.1, 0.15) is 5.01 Å². The highest BCUT2D eigenvalue weighted by Crippen LogP contribution is 2.22. The van der Waals surface area contributed by atoms with Gasteiger partial charge in [0.25, 0.3) is 0 Å². The summed E-state index contributed by atoms with van der Waals surface area (Å²) in [6.07, 6.45) is 3.81. The summed E-state index contributed by atoms with van der Waals surface area (Å²) >= 11 is 1.65. The van der Waals surface area contributed by atoms with Crippen molar-refractivity contribution in [1.29, 1.82) is 0 Å². The van der Waals surface area contributed by atoms with Gasteiger partial charge in [-0.15, -0.1) is 11.3 Å². The predicted molar refractivity (Wildman–Crippen MR) is 57.1 cm³/mol. The molecule has 0 spiro atoms. The van der Waals surface area contributed by atoms with Crippen LogP contribution in [0.5, 0.6) is 0 Å². The fourth-order valence-electron chi connectivity index (χ4n) is 1.23. The maximum Gasteiger partial charge on any atom is 0.126 e. The van der Waals surface area contributed by atoms with E-state index in [-0.39, 0.29) is 0 Å². The van der Waals surface area contributed by atoms with Crippen molar-refractivity contribution in [2.24, 2.45) is 7.05 Å². The van der Waals surface area contributed by atoms with Crippen LogP contribution in [0.3, 0.4) is 0 Å². The van der Waals surface area contributed by atoms with Crippen LogP contribution in [0.15, 0.2) is 17.8 Å². The largest absolute Gasteiger partial charge is 0.314 e. The Morgan fingerprint density at radius 2 is 2.43 bits per heavy atom. The zero-order valence-corrected chi connectivity index (χ0v) is 9.01. The fourth-order valence-corrected chi connectivity index (χ4v) is 2.03. The number of nitrogens with zero attached hydrogens (tertiary/aromatic N) is 3. The van der Waals surface area contributed by atoms with E-state index in [4.69, 9.17) is 0 Å². The van der Waals surface area contributed by atoms with E-state index >= 15 is 0 Å². The summed E-state index contributed by atoms with van der Waals surface area (Å²) in [6.45, 7) is 0.816. The van der Waals surface area contributed by atoms with Gasteiger partial charge in [0.05, 0.1) is 11.9 Å². The van der Waals surface area contributed by atoms with E-state index < -0.39 is 0 Å². The fraction of sp³-hybridized carbons (Fsp3) is 0.333. The molecule has 0 aliphatic rings. The third kappa shape index (κ3) is 1.83. The molecule has 0 saturated heterocycles. The van der Waals surface area contributed by atoms with Crippen molar-refractivity contribution < 1.29 is 0 Å². The lowest BCUT2D eigenvalue weighted by Gasteiger charge is -1.91. The van der Waals surface area contributed by atoms with Gasteiger partial charge in [0.15, 0.2) is 0 Å². The minimum absolute atomic E-state index is 0.816. The minimum Gasteiger partial charge on any atom is -0.314 e. The van der Waals surface area contributed by atoms with E-state index in [9.17, 15) is 0 Å². The first-order valence-corrected chi connectivity index (χ1v) is 5.25. The van der Waals surface area contributed by atoms with Crippen LogP contribution in [0.25, 0.3) is 10.6 Å². The number of thiazole rings is 1. The molecule has 14 heavy (non-hydrogen) atoms. The van der Waals surface area contributed by atoms with Crippen LogP contribution in [0.1, 0.15) is 5.69 Å². The summed E-state index contributed by atoms with van der Waals surface area (Å²) in [4.78, 5) is 4.49. The van der Waals surface area contributed by atoms with E-state index in [2.05, 4.69) is 20.8 Å². The van der Waals surface area contributed by atoms with Gasteiger partial charge in [-0.2, -0.15) is 5.10 Å². The molecule has 0 aliphatic heterocycles. The number of aryl methyl sites for hydroxylation is 1. The second-order valence-corrected chi connectivity index (χ2v) is 3.94. The highest BCUT2D eigenvalue weighted by Gasteiger charge is 2.05. The number of hydrogen-bond donors (Lipinski definition) is 1. The predicted octanol–water partition coefficient (Wildman–Crippen LogP) is 1.26. The Morgan fingerprint density at radius 1 is 1.57 bits per heavy atom. The second kappa shape index (κ2) is 3.89. The molecule has 0 bridgehead atoms. The summed E-state index contributed by atoms with van der Waals surface area (Å²) in [6, 6.07) is 0. The lowest BCUT2D eigenvalue weighted by Crippen LogP contribution is -2.04. The Kier molecular flexibility index (Phi) is 2.60. The van der Waals surface area contributed by atoms with Crippen molar-refractivity contribution in [1.82, 2.24) is 20.1 Å². The molecule has 2 aromatic rings. The molecule has 0 fully saturated rings. The molecule has 0 aliphatic carbocycles. The lowest BCUT2D eigenvalue weighted by molar-refractivity contribution is 0.768. The van der Waals surface area contributed by atoms with Crippen LogP contribution in [0, 0.1) is 0 Å². The summed E-state index contributed by atoms with van der Waals surface area (Å²) in [5.41, 5.74) is 2.16. The molecule has 0 radical (unpaired) electrons. The highest BCUT2D eigenvalue weighted by molar-refractivity contribution is 7.13. The molecular weight excluding hydrogens is 196 g/mol. The standard InChI is InChI=1S/C9H12N4S/c1-10-4-8-6-14-9(12-8)7-3-11-13(2)5-7/h3,5-6,10H,4H2,1-2H3. The molecule has 0 aromatic carbocycles. The van der Waals surface area contributed by atoms with Crippen molar-refractivity contribution in [3.8, 4) is 10.6 Å². The Labute approximate surface area is 86.6 Å². The van der Waals surface area contributed by atoms with Gasteiger partial charge in [0.2, 0.25) is 0 Å². The van der Waals surface area contributed by atoms with E-state index in [1.165, 1.54) is 0 Å². The number of aromatic nitrogens is 3. The molecule has 5 heteroatoms. The molecular formula is C9H12N4S. The molecule has 2 aromatic heterocycles. The number of rotatable bonds is 3. The first-order valence-electron chi connectivity index (χ1n) is 4.37. The van der Waals surface area contributed by atoms with Gasteiger partial charge < -0.3 is 5.32 Å². The number of nitrogens with one attached hydrogen (secondary N) is 1. The van der Waals surface area contributed by atoms with Gasteiger partial charge in [0, 0.05) is 30.7 Å². The Morgan fingerprint density at radius 3 is 3.07 bits per heavy atom. The van der Waals surface area contributed by atoms with E-state index in [1.54, 1.807) is 16.0 Å². The van der Waals surface area contributed by atoms with Crippen molar-refractivity contribution in [3.63, 3.8) is 0 Å². The van der Waals surface area contributed by atoms with Gasteiger partial charge in [-0.3, -0.25) is 4.68 Å². The van der Waals surface area contributed by atoms with Crippen LogP contribution in [0.4, 0.5) is 0 Å². The SMILES string of the molecule is CNCc1csc(-c2cnn(C)c2)n1. The van der Waals surface area contributed by atoms with Gasteiger partial charge in [-0.25, -0.2) is 4.98 Å². The Balaban J connectivity index is 2.24. The molecule has 0 amide bonds. The van der Waals surface area contributed by atoms with E-state index in [0.29, 0.717) is 0 Å². The molecule has 2 rings (SSSR count). The molecule has 4 nitrogen and oxygen atoms in total. The monoisotopic (exact) mass is 208 g/mol. The highest BCUT2D eigenvalue weighted by atomic mass is 32.1. The quantitative estimate of drug-likeness (QED) is 0.826. The zero-order chi connectivity index (χ0) is 9.97. The summed E-state index contributed by atoms with van der Waals surface area (Å²) in [5.74, 6) is 0. The summed E-state index contributed by atoms with van der Waals surface area (Å²) in [5, 5.41) is 10.3. The van der Waals surface area contributed by atoms with Crippen LogP contribution in [-0.4, -0.2) is 21.8 Å². The normalized spacial score (nSPS) is 10.7. The molecule has 0 atom stereocenters. The van der Waals surface area contributed by atoms with Crippen LogP contribution < -0.4 is 5.32 Å². The molecule has 0 saturated carbocycles. The smallest absolute Gasteiger partial charge is 0.126 e. The lowest BCUT2D eigenvalue weighted by atomic mass is 10.4. The Bertz CT molecular complexity index is 418. The molecule has 2 heterocycles. The van der Waals surface area contributed by atoms with Gasteiger partial charge >= 0.3 is 0 Å². The van der Waals surface area contributed by atoms with Crippen LogP contribution in [0.2, 0.25) is 0 Å². The second-order valence-electron chi connectivity index (χ2n) is 3.08. The Hall–Kier alpha value is -1.20. The van der Waals surface area contributed by atoms with E-state index in [0.717, 1.165) is 22.8 Å². The first-order chi connectivity index (χ1) is 6.79. The van der Waals surface area contributed by atoms with Crippen molar-refractivity contribution in [3.05, 3.63) is 23.5 Å². The number of hydrogen-bond acceptors (Lipinski definition) is 4.